The van der Waals surface area contributed by atoms with Gasteiger partial charge in [-0.15, -0.1) is 0 Å². The van der Waals surface area contributed by atoms with E-state index >= 15 is 0 Å². The van der Waals surface area contributed by atoms with E-state index in [1.807, 2.05) is 0 Å². The lowest BCUT2D eigenvalue weighted by atomic mass is 10.2. The van der Waals surface area contributed by atoms with Gasteiger partial charge in [0.15, 0.2) is 5.69 Å². The Bertz CT molecular complexity index is 654. The lowest BCUT2D eigenvalue weighted by Gasteiger charge is -2.12. The van der Waals surface area contributed by atoms with Crippen molar-refractivity contribution in [2.24, 2.45) is 0 Å². The number of hydrogen-bond acceptors (Lipinski definition) is 3. The molecule has 0 radical (unpaired) electrons. The molecule has 0 bridgehead atoms. The van der Waals surface area contributed by atoms with E-state index in [-0.39, 0.29) is 22.3 Å². The summed E-state index contributed by atoms with van der Waals surface area (Å²) in [5.41, 5.74) is -0.925. The molecular weight excluding hydrogens is 325 g/mol. The van der Waals surface area contributed by atoms with E-state index in [0.717, 1.165) is 10.9 Å². The SMILES string of the molecule is CCOC(=O)c1ncn(-c2c(Cl)cccc2Cl)c1C(F)F. The highest BCUT2D eigenvalue weighted by molar-refractivity contribution is 6.37. The van der Waals surface area contributed by atoms with Crippen molar-refractivity contribution in [2.45, 2.75) is 13.3 Å². The van der Waals surface area contributed by atoms with E-state index in [2.05, 4.69) is 4.98 Å². The van der Waals surface area contributed by atoms with Gasteiger partial charge in [-0.3, -0.25) is 4.57 Å². The van der Waals surface area contributed by atoms with Crippen molar-refractivity contribution >= 4 is 29.2 Å². The Hall–Kier alpha value is -1.66. The van der Waals surface area contributed by atoms with E-state index in [9.17, 15) is 13.6 Å². The molecule has 0 amide bonds. The van der Waals surface area contributed by atoms with E-state index in [0.29, 0.717) is 0 Å². The number of hydrogen-bond donors (Lipinski definition) is 0. The standard InChI is InChI=1S/C13H10Cl2F2N2O2/c1-2-21-13(20)9-11(12(16)17)19(6-18-9)10-7(14)4-3-5-8(10)15/h3-6,12H,2H2,1H3. The first kappa shape index (κ1) is 15.7. The molecule has 2 aromatic rings. The largest absolute Gasteiger partial charge is 0.461 e. The molecule has 2 rings (SSSR count). The van der Waals surface area contributed by atoms with E-state index < -0.39 is 23.8 Å². The molecule has 0 aliphatic heterocycles. The zero-order valence-electron chi connectivity index (χ0n) is 10.8. The Balaban J connectivity index is 2.63. The third kappa shape index (κ3) is 3.01. The van der Waals surface area contributed by atoms with Crippen LogP contribution in [0.4, 0.5) is 8.78 Å². The van der Waals surface area contributed by atoms with Gasteiger partial charge >= 0.3 is 5.97 Å². The number of imidazole rings is 1. The van der Waals surface area contributed by atoms with Crippen LogP contribution in [0.5, 0.6) is 0 Å². The van der Waals surface area contributed by atoms with Crippen LogP contribution in [-0.4, -0.2) is 22.1 Å². The molecule has 0 unspecified atom stereocenters. The zero-order chi connectivity index (χ0) is 15.6. The maximum absolute atomic E-state index is 13.3. The summed E-state index contributed by atoms with van der Waals surface area (Å²) < 4.78 is 32.3. The second-order valence-corrected chi connectivity index (χ2v) is 4.75. The van der Waals surface area contributed by atoms with Crippen LogP contribution >= 0.6 is 23.2 Å². The van der Waals surface area contributed by atoms with Crippen molar-refractivity contribution in [2.75, 3.05) is 6.61 Å². The molecule has 0 spiro atoms. The normalized spacial score (nSPS) is 11.0. The summed E-state index contributed by atoms with van der Waals surface area (Å²) in [6.07, 6.45) is -1.87. The lowest BCUT2D eigenvalue weighted by Crippen LogP contribution is -2.11. The van der Waals surface area contributed by atoms with E-state index in [4.69, 9.17) is 27.9 Å². The fourth-order valence-electron chi connectivity index (χ4n) is 1.82. The van der Waals surface area contributed by atoms with Crippen LogP contribution in [0.3, 0.4) is 0 Å². The fraction of sp³-hybridized carbons (Fsp3) is 0.231. The van der Waals surface area contributed by atoms with Crippen molar-refractivity contribution in [3.63, 3.8) is 0 Å². The van der Waals surface area contributed by atoms with E-state index in [1.54, 1.807) is 13.0 Å². The Labute approximate surface area is 129 Å². The number of alkyl halides is 2. The molecule has 1 aromatic heterocycles. The smallest absolute Gasteiger partial charge is 0.359 e. The quantitative estimate of drug-likeness (QED) is 0.783. The van der Waals surface area contributed by atoms with Crippen LogP contribution in [0.2, 0.25) is 10.0 Å². The summed E-state index contributed by atoms with van der Waals surface area (Å²) in [6.45, 7) is 1.63. The number of ether oxygens (including phenoxy) is 1. The Kier molecular flexibility index (Phi) is 4.80. The first-order valence-corrected chi connectivity index (χ1v) is 6.69. The first-order chi connectivity index (χ1) is 9.97. The molecule has 0 saturated heterocycles. The Morgan fingerprint density at radius 1 is 1.38 bits per heavy atom. The number of esters is 1. The number of carbonyl (C=O) groups excluding carboxylic acids is 1. The minimum absolute atomic E-state index is 0.0568. The number of benzene rings is 1. The van der Waals surface area contributed by atoms with Crippen LogP contribution in [0.15, 0.2) is 24.5 Å². The monoisotopic (exact) mass is 334 g/mol. The number of nitrogens with zero attached hydrogens (tertiary/aromatic N) is 2. The van der Waals surface area contributed by atoms with Gasteiger partial charge in [-0.05, 0) is 19.1 Å². The maximum atomic E-state index is 13.3. The number of aromatic nitrogens is 2. The molecule has 0 aliphatic carbocycles. The van der Waals surface area contributed by atoms with Crippen LogP contribution in [0, 0.1) is 0 Å². The first-order valence-electron chi connectivity index (χ1n) is 5.94. The van der Waals surface area contributed by atoms with Crippen LogP contribution in [0.1, 0.15) is 29.5 Å². The second-order valence-electron chi connectivity index (χ2n) is 3.94. The third-order valence-corrected chi connectivity index (χ3v) is 3.27. The topological polar surface area (TPSA) is 44.1 Å². The number of rotatable bonds is 4. The van der Waals surface area contributed by atoms with Crippen LogP contribution in [0.25, 0.3) is 5.69 Å². The molecule has 0 atom stereocenters. The molecule has 4 nitrogen and oxygen atoms in total. The van der Waals surface area contributed by atoms with Gasteiger partial charge in [0.05, 0.1) is 22.3 Å². The van der Waals surface area contributed by atoms with Crippen molar-refractivity contribution in [3.8, 4) is 5.69 Å². The van der Waals surface area contributed by atoms with Gasteiger partial charge in [-0.25, -0.2) is 18.6 Å². The minimum atomic E-state index is -2.95. The molecule has 0 N–H and O–H groups in total. The van der Waals surface area contributed by atoms with Gasteiger partial charge in [0, 0.05) is 0 Å². The minimum Gasteiger partial charge on any atom is -0.461 e. The van der Waals surface area contributed by atoms with Crippen molar-refractivity contribution in [3.05, 3.63) is 46.0 Å². The molecule has 0 fully saturated rings. The fourth-order valence-corrected chi connectivity index (χ4v) is 2.40. The van der Waals surface area contributed by atoms with Crippen molar-refractivity contribution in [1.29, 1.82) is 0 Å². The third-order valence-electron chi connectivity index (χ3n) is 2.66. The highest BCUT2D eigenvalue weighted by atomic mass is 35.5. The predicted octanol–water partition coefficient (Wildman–Crippen LogP) is 4.29. The number of carbonyl (C=O) groups is 1. The Morgan fingerprint density at radius 2 is 2.00 bits per heavy atom. The van der Waals surface area contributed by atoms with Crippen molar-refractivity contribution < 1.29 is 18.3 Å². The average molecular weight is 335 g/mol. The van der Waals surface area contributed by atoms with Gasteiger partial charge < -0.3 is 4.74 Å². The van der Waals surface area contributed by atoms with E-state index in [1.165, 1.54) is 12.1 Å². The molecule has 1 heterocycles. The summed E-state index contributed by atoms with van der Waals surface area (Å²) in [7, 11) is 0. The molecule has 1 aromatic carbocycles. The maximum Gasteiger partial charge on any atom is 0.359 e. The predicted molar refractivity (Wildman–Crippen MR) is 74.5 cm³/mol. The van der Waals surface area contributed by atoms with Gasteiger partial charge in [-0.1, -0.05) is 29.3 Å². The average Bonchev–Trinajstić information content (AvgIpc) is 2.83. The summed E-state index contributed by atoms with van der Waals surface area (Å²) in [5, 5.41) is 0.328. The highest BCUT2D eigenvalue weighted by Gasteiger charge is 2.28. The summed E-state index contributed by atoms with van der Waals surface area (Å²) in [6, 6.07) is 4.59. The summed E-state index contributed by atoms with van der Waals surface area (Å²) in [4.78, 5) is 15.4. The molecule has 0 saturated carbocycles. The summed E-state index contributed by atoms with van der Waals surface area (Å²) >= 11 is 12.0. The van der Waals surface area contributed by atoms with Crippen molar-refractivity contribution in [1.82, 2.24) is 9.55 Å². The molecule has 21 heavy (non-hydrogen) atoms. The lowest BCUT2D eigenvalue weighted by molar-refractivity contribution is 0.0507. The molecule has 8 heteroatoms. The highest BCUT2D eigenvalue weighted by Crippen LogP contribution is 2.33. The molecule has 112 valence electrons. The second kappa shape index (κ2) is 6.41. The van der Waals surface area contributed by atoms with Crippen LogP contribution < -0.4 is 0 Å². The number of halogens is 4. The molecule has 0 aliphatic rings. The summed E-state index contributed by atoms with van der Waals surface area (Å²) in [5.74, 6) is -0.922. The van der Waals surface area contributed by atoms with Gasteiger partial charge in [0.25, 0.3) is 6.43 Å². The number of para-hydroxylation sites is 1. The molecular formula is C13H10Cl2F2N2O2. The zero-order valence-corrected chi connectivity index (χ0v) is 12.3. The Morgan fingerprint density at radius 3 is 2.52 bits per heavy atom. The van der Waals surface area contributed by atoms with Gasteiger partial charge in [0.2, 0.25) is 0 Å². The van der Waals surface area contributed by atoms with Crippen LogP contribution in [-0.2, 0) is 4.74 Å². The van der Waals surface area contributed by atoms with Gasteiger partial charge in [0.1, 0.15) is 12.0 Å². The van der Waals surface area contributed by atoms with Gasteiger partial charge in [-0.2, -0.15) is 0 Å².